The Hall–Kier alpha value is -4.89. The fraction of sp³-hybridized carbons (Fsp3) is 0.342. The van der Waals surface area contributed by atoms with Gasteiger partial charge in [-0.25, -0.2) is 28.2 Å². The monoisotopic (exact) mass is 776 g/mol. The number of β-amino-alcohol motifs (C(OH)–C–C–N with tert-alkyl or cyclic N) is 1. The lowest BCUT2D eigenvalue weighted by Crippen LogP contribution is -2.46. The summed E-state index contributed by atoms with van der Waals surface area (Å²) in [4.78, 5) is 38.7. The summed E-state index contributed by atoms with van der Waals surface area (Å²) in [6.45, 7) is 2.30. The number of aryl methyl sites for hydroxylation is 2. The Labute approximate surface area is 318 Å². The molecule has 0 bridgehead atoms. The maximum atomic E-state index is 13.8. The van der Waals surface area contributed by atoms with Crippen LogP contribution < -0.4 is 20.9 Å². The van der Waals surface area contributed by atoms with E-state index in [1.165, 1.54) is 13.2 Å². The van der Waals surface area contributed by atoms with Crippen molar-refractivity contribution < 1.29 is 23.4 Å². The molecule has 5 heterocycles. The normalized spacial score (nSPS) is 19.7. The van der Waals surface area contributed by atoms with Gasteiger partial charge in [-0.05, 0) is 43.0 Å². The molecule has 54 heavy (non-hydrogen) atoms. The van der Waals surface area contributed by atoms with E-state index in [2.05, 4.69) is 31.7 Å². The smallest absolute Gasteiger partial charge is 0.318 e. The molecule has 5 aromatic rings. The van der Waals surface area contributed by atoms with Gasteiger partial charge in [0, 0.05) is 66.9 Å². The van der Waals surface area contributed by atoms with Gasteiger partial charge >= 0.3 is 6.03 Å². The summed E-state index contributed by atoms with van der Waals surface area (Å²) >= 11 is 14.2. The molecule has 12 nitrogen and oxygen atoms in total. The second-order valence-electron chi connectivity index (χ2n) is 13.9. The summed E-state index contributed by atoms with van der Waals surface area (Å²) < 4.78 is 34.7. The van der Waals surface area contributed by atoms with E-state index in [1.54, 1.807) is 30.2 Å². The van der Waals surface area contributed by atoms with Gasteiger partial charge in [0.25, 0.3) is 12.0 Å². The van der Waals surface area contributed by atoms with Crippen LogP contribution in [0.5, 0.6) is 5.88 Å². The van der Waals surface area contributed by atoms with Gasteiger partial charge in [-0.3, -0.25) is 9.69 Å². The molecule has 0 saturated carbocycles. The van der Waals surface area contributed by atoms with Crippen molar-refractivity contribution in [2.24, 2.45) is 7.05 Å². The Morgan fingerprint density at radius 2 is 1.83 bits per heavy atom. The number of aliphatic hydroxyl groups is 1. The summed E-state index contributed by atoms with van der Waals surface area (Å²) in [6, 6.07) is 13.9. The minimum absolute atomic E-state index is 0.0694. The maximum Gasteiger partial charge on any atom is 0.318 e. The summed E-state index contributed by atoms with van der Waals surface area (Å²) in [6.07, 6.45) is 0.958. The summed E-state index contributed by atoms with van der Waals surface area (Å²) in [7, 11) is 3.07. The van der Waals surface area contributed by atoms with Crippen LogP contribution in [0.3, 0.4) is 0 Å². The van der Waals surface area contributed by atoms with Crippen LogP contribution in [0, 0.1) is 0 Å². The first-order chi connectivity index (χ1) is 26.0. The number of aliphatic hydroxyl groups excluding tert-OH is 1. The lowest BCUT2D eigenvalue weighted by Gasteiger charge is -2.28. The van der Waals surface area contributed by atoms with Gasteiger partial charge in [0.2, 0.25) is 5.88 Å². The number of rotatable bonds is 9. The third kappa shape index (κ3) is 6.20. The first kappa shape index (κ1) is 36.1. The van der Waals surface area contributed by atoms with E-state index in [1.807, 2.05) is 18.2 Å². The largest absolute Gasteiger partial charge is 0.481 e. The van der Waals surface area contributed by atoms with Gasteiger partial charge in [0.05, 0.1) is 52.3 Å². The van der Waals surface area contributed by atoms with Crippen molar-refractivity contribution in [2.45, 2.75) is 37.3 Å². The molecule has 0 radical (unpaired) electrons. The van der Waals surface area contributed by atoms with Crippen LogP contribution >= 0.6 is 23.2 Å². The molecule has 16 heteroatoms. The van der Waals surface area contributed by atoms with E-state index in [9.17, 15) is 23.5 Å². The Bertz CT molecular complexity index is 2380. The van der Waals surface area contributed by atoms with Crippen molar-refractivity contribution in [1.29, 1.82) is 0 Å². The van der Waals surface area contributed by atoms with E-state index < -0.39 is 17.7 Å². The Morgan fingerprint density at radius 1 is 1.07 bits per heavy atom. The van der Waals surface area contributed by atoms with Gasteiger partial charge in [0.15, 0.2) is 0 Å². The number of amides is 2. The lowest BCUT2D eigenvalue weighted by molar-refractivity contribution is 0.146. The lowest BCUT2D eigenvalue weighted by atomic mass is 9.99. The molecule has 2 aliphatic heterocycles. The third-order valence-electron chi connectivity index (χ3n) is 10.7. The molecule has 3 N–H and O–H groups in total. The number of ether oxygens (including phenoxy) is 1. The highest BCUT2D eigenvalue weighted by Crippen LogP contribution is 2.47. The predicted molar refractivity (Wildman–Crippen MR) is 202 cm³/mol. The van der Waals surface area contributed by atoms with E-state index >= 15 is 0 Å². The number of halogens is 4. The number of urea groups is 1. The van der Waals surface area contributed by atoms with Gasteiger partial charge in [0.1, 0.15) is 11.5 Å². The molecular weight excluding hydrogens is 741 g/mol. The van der Waals surface area contributed by atoms with Crippen LogP contribution in [-0.4, -0.2) is 86.1 Å². The first-order valence-corrected chi connectivity index (χ1v) is 18.3. The van der Waals surface area contributed by atoms with Gasteiger partial charge in [-0.15, -0.1) is 0 Å². The zero-order valence-corrected chi connectivity index (χ0v) is 30.9. The number of carbonyl (C=O) groups is 1. The average Bonchev–Trinajstić information content (AvgIpc) is 3.86. The molecule has 1 aliphatic carbocycles. The van der Waals surface area contributed by atoms with E-state index in [4.69, 9.17) is 32.9 Å². The van der Waals surface area contributed by atoms with Crippen LogP contribution in [0.1, 0.15) is 42.1 Å². The number of pyridine rings is 2. The van der Waals surface area contributed by atoms with Crippen molar-refractivity contribution in [1.82, 2.24) is 34.9 Å². The summed E-state index contributed by atoms with van der Waals surface area (Å²) in [5, 5.41) is 20.5. The van der Waals surface area contributed by atoms with Crippen molar-refractivity contribution in [3.63, 3.8) is 0 Å². The van der Waals surface area contributed by atoms with Crippen molar-refractivity contribution >= 4 is 51.5 Å². The molecule has 8 rings (SSSR count). The van der Waals surface area contributed by atoms with Gasteiger partial charge in [-0.1, -0.05) is 53.5 Å². The highest BCUT2D eigenvalue weighted by atomic mass is 35.5. The van der Waals surface area contributed by atoms with E-state index in [-0.39, 0.29) is 45.8 Å². The van der Waals surface area contributed by atoms with Crippen LogP contribution in [-0.2, 0) is 13.5 Å². The van der Waals surface area contributed by atoms with E-state index in [0.717, 1.165) is 47.7 Å². The first-order valence-electron chi connectivity index (χ1n) is 17.5. The standard InChI is InChI=1S/C38H36Cl2F2N8O4/c1-48-36(52)30-21(17-43-48)16-27(33(41)42)45-34(30)44-25-8-4-6-23(32(25)40)22-5-3-7-24(31(22)39)26-15-20-9-10-28(29(20)35(46-26)54-2)49-12-11-38(18-49)19-50(13-14-51)37(53)47-38/h3-8,15-17,28,33,51H,9-14,18-19H2,1-2H3,(H,44,45)(H,47,53). The number of aromatic nitrogens is 4. The number of anilines is 2. The molecule has 2 fully saturated rings. The Kier molecular flexibility index (Phi) is 9.41. The molecule has 1 spiro atoms. The maximum absolute atomic E-state index is 13.8. The number of hydrogen-bond donors (Lipinski definition) is 3. The number of hydrogen-bond acceptors (Lipinski definition) is 9. The molecule has 2 unspecified atom stereocenters. The third-order valence-corrected chi connectivity index (χ3v) is 11.5. The quantitative estimate of drug-likeness (QED) is 0.153. The van der Waals surface area contributed by atoms with Crippen LogP contribution in [0.15, 0.2) is 59.5 Å². The topological polar surface area (TPSA) is 138 Å². The molecule has 3 aromatic heterocycles. The molecule has 2 amide bonds. The number of methoxy groups -OCH3 is 1. The van der Waals surface area contributed by atoms with Crippen LogP contribution in [0.4, 0.5) is 25.1 Å². The van der Waals surface area contributed by atoms with Gasteiger partial charge < -0.3 is 25.4 Å². The minimum atomic E-state index is -2.88. The van der Waals surface area contributed by atoms with Crippen LogP contribution in [0.2, 0.25) is 10.0 Å². The fourth-order valence-corrected chi connectivity index (χ4v) is 8.71. The molecule has 3 aliphatic rings. The molecule has 2 aromatic carbocycles. The van der Waals surface area contributed by atoms with E-state index in [0.29, 0.717) is 58.6 Å². The Balaban J connectivity index is 1.11. The highest BCUT2D eigenvalue weighted by molar-refractivity contribution is 6.39. The number of nitrogens with zero attached hydrogens (tertiary/aromatic N) is 6. The highest BCUT2D eigenvalue weighted by Gasteiger charge is 2.49. The second-order valence-corrected chi connectivity index (χ2v) is 14.7. The SMILES string of the molecule is COc1nc(-c2cccc(-c3cccc(Nc4nc(C(F)F)cc5cnn(C)c(=O)c45)c3Cl)c2Cl)cc2c1C(N1CCC3(CN(CCO)C(=O)N3)C1)CC2. The second kappa shape index (κ2) is 14.1. The number of benzene rings is 2. The summed E-state index contributed by atoms with van der Waals surface area (Å²) in [5.41, 5.74) is 3.57. The molecule has 2 saturated heterocycles. The summed E-state index contributed by atoms with van der Waals surface area (Å²) in [5.74, 6) is 0.444. The zero-order chi connectivity index (χ0) is 37.9. The Morgan fingerprint density at radius 3 is 2.59 bits per heavy atom. The van der Waals surface area contributed by atoms with Gasteiger partial charge in [-0.2, -0.15) is 5.10 Å². The zero-order valence-electron chi connectivity index (χ0n) is 29.4. The molecular formula is C38H36Cl2F2N8O4. The number of carbonyl (C=O) groups excluding carboxylic acids is 1. The number of fused-ring (bicyclic) bond motifs is 2. The molecule has 280 valence electrons. The number of nitrogens with one attached hydrogen (secondary N) is 2. The van der Waals surface area contributed by atoms with Crippen LogP contribution in [0.25, 0.3) is 33.2 Å². The molecule has 2 atom stereocenters. The average molecular weight is 778 g/mol. The fourth-order valence-electron chi connectivity index (χ4n) is 8.11. The predicted octanol–water partition coefficient (Wildman–Crippen LogP) is 6.50. The minimum Gasteiger partial charge on any atom is -0.481 e. The van der Waals surface area contributed by atoms with Crippen molar-refractivity contribution in [2.75, 3.05) is 45.2 Å². The van der Waals surface area contributed by atoms with Crippen molar-refractivity contribution in [3.8, 4) is 28.3 Å². The van der Waals surface area contributed by atoms with Crippen molar-refractivity contribution in [3.05, 3.63) is 91.9 Å². The number of likely N-dealkylation sites (tertiary alicyclic amines) is 1. The number of alkyl halides is 2.